The van der Waals surface area contributed by atoms with Crippen LogP contribution in [0.25, 0.3) is 0 Å². The van der Waals surface area contributed by atoms with Crippen molar-refractivity contribution in [2.45, 2.75) is 83.0 Å². The highest BCUT2D eigenvalue weighted by molar-refractivity contribution is 14.1. The molecule has 3 atom stereocenters. The Hall–Kier alpha value is -2.18. The number of ether oxygens (including phenoxy) is 2. The molecule has 0 aliphatic heterocycles. The van der Waals surface area contributed by atoms with Crippen LogP contribution in [0.5, 0.6) is 11.5 Å². The lowest BCUT2D eigenvalue weighted by molar-refractivity contribution is -0.142. The van der Waals surface area contributed by atoms with Crippen LogP contribution in [0, 0.1) is 9.49 Å². The number of hydrogen-bond acceptors (Lipinski definition) is 7. The van der Waals surface area contributed by atoms with Gasteiger partial charge in [-0.3, -0.25) is 14.4 Å². The Bertz CT molecular complexity index is 1030. The van der Waals surface area contributed by atoms with Crippen LogP contribution in [0.3, 0.4) is 0 Å². The number of nitrogens with one attached hydrogen (secondary N) is 1. The summed E-state index contributed by atoms with van der Waals surface area (Å²) in [5.74, 6) is 0.267. The molecule has 10 heteroatoms. The zero-order valence-corrected chi connectivity index (χ0v) is 25.0. The first-order valence-corrected chi connectivity index (χ1v) is 15.0. The minimum atomic E-state index is -1.10. The van der Waals surface area contributed by atoms with Crippen LogP contribution < -0.4 is 14.8 Å². The lowest BCUT2D eigenvalue weighted by Gasteiger charge is -2.41. The van der Waals surface area contributed by atoms with Crippen molar-refractivity contribution < 1.29 is 34.1 Å². The normalized spacial score (nSPS) is 21.3. The van der Waals surface area contributed by atoms with Gasteiger partial charge in [-0.2, -0.15) is 0 Å². The quantitative estimate of drug-likeness (QED) is 0.159. The predicted octanol–water partition coefficient (Wildman–Crippen LogP) is 3.63. The van der Waals surface area contributed by atoms with E-state index in [2.05, 4.69) is 12.2 Å². The van der Waals surface area contributed by atoms with E-state index >= 15 is 0 Å². The van der Waals surface area contributed by atoms with E-state index in [0.29, 0.717) is 39.0 Å². The fourth-order valence-corrected chi connectivity index (χ4v) is 6.15. The molecule has 3 N–H and O–H groups in total. The average Bonchev–Trinajstić information content (AvgIpc) is 3.48. The van der Waals surface area contributed by atoms with Gasteiger partial charge in [-0.1, -0.05) is 39.0 Å². The molecule has 1 saturated carbocycles. The van der Waals surface area contributed by atoms with E-state index < -0.39 is 18.2 Å². The zero-order valence-electron chi connectivity index (χ0n) is 22.9. The summed E-state index contributed by atoms with van der Waals surface area (Å²) in [6, 6.07) is 2.56. The molecule has 2 aliphatic carbocycles. The first-order chi connectivity index (χ1) is 18.8. The SMILES string of the molecule is CCCCCCN(C(=O)C1CCCC1)[C@@H]1CC(C(=O)NCCO)=C[C@H](Oc2c(I)cc(C=O)cc2OC)[C@H]1O. The molecule has 0 heterocycles. The Morgan fingerprint density at radius 1 is 1.21 bits per heavy atom. The molecule has 0 radical (unpaired) electrons. The number of rotatable bonds is 14. The predicted molar refractivity (Wildman–Crippen MR) is 156 cm³/mol. The number of methoxy groups -OCH3 is 1. The van der Waals surface area contributed by atoms with Gasteiger partial charge in [-0.05, 0) is 60.1 Å². The van der Waals surface area contributed by atoms with Gasteiger partial charge < -0.3 is 29.9 Å². The van der Waals surface area contributed by atoms with E-state index in [1.807, 2.05) is 22.6 Å². The van der Waals surface area contributed by atoms with Crippen LogP contribution in [0.2, 0.25) is 0 Å². The third-order valence-corrected chi connectivity index (χ3v) is 8.30. The van der Waals surface area contributed by atoms with Crippen LogP contribution >= 0.6 is 22.6 Å². The van der Waals surface area contributed by atoms with E-state index in [1.54, 1.807) is 23.1 Å². The monoisotopic (exact) mass is 656 g/mol. The fraction of sp³-hybridized carbons (Fsp3) is 0.621. The molecule has 3 rings (SSSR count). The number of halogens is 1. The molecule has 216 valence electrons. The Morgan fingerprint density at radius 3 is 2.59 bits per heavy atom. The number of carbonyl (C=O) groups excluding carboxylic acids is 3. The van der Waals surface area contributed by atoms with Crippen LogP contribution in [-0.2, 0) is 9.59 Å². The maximum atomic E-state index is 13.8. The number of benzene rings is 1. The van der Waals surface area contributed by atoms with E-state index in [-0.39, 0.29) is 37.3 Å². The van der Waals surface area contributed by atoms with Crippen molar-refractivity contribution in [1.29, 1.82) is 0 Å². The molecule has 0 aromatic heterocycles. The Labute approximate surface area is 244 Å². The van der Waals surface area contributed by atoms with Crippen molar-refractivity contribution in [2.24, 2.45) is 5.92 Å². The maximum absolute atomic E-state index is 13.8. The summed E-state index contributed by atoms with van der Waals surface area (Å²) in [6.45, 7) is 2.53. The number of aldehydes is 1. The topological polar surface area (TPSA) is 125 Å². The second kappa shape index (κ2) is 15.6. The van der Waals surface area contributed by atoms with Gasteiger partial charge in [0.2, 0.25) is 11.8 Å². The number of unbranched alkanes of at least 4 members (excludes halogenated alkanes) is 3. The van der Waals surface area contributed by atoms with Gasteiger partial charge in [-0.25, -0.2) is 0 Å². The third-order valence-electron chi connectivity index (χ3n) is 7.50. The van der Waals surface area contributed by atoms with Gasteiger partial charge in [0, 0.05) is 36.6 Å². The minimum Gasteiger partial charge on any atom is -0.493 e. The van der Waals surface area contributed by atoms with E-state index in [0.717, 1.165) is 51.4 Å². The van der Waals surface area contributed by atoms with Crippen LogP contribution in [0.4, 0.5) is 0 Å². The van der Waals surface area contributed by atoms with Gasteiger partial charge in [0.05, 0.1) is 23.3 Å². The van der Waals surface area contributed by atoms with Gasteiger partial charge in [0.15, 0.2) is 11.5 Å². The van der Waals surface area contributed by atoms with Gasteiger partial charge in [-0.15, -0.1) is 0 Å². The van der Waals surface area contributed by atoms with E-state index in [4.69, 9.17) is 9.47 Å². The molecule has 0 unspecified atom stereocenters. The molecule has 2 amide bonds. The van der Waals surface area contributed by atoms with E-state index in [1.165, 1.54) is 7.11 Å². The Balaban J connectivity index is 1.97. The number of hydrogen-bond donors (Lipinski definition) is 3. The van der Waals surface area contributed by atoms with Crippen molar-refractivity contribution >= 4 is 40.7 Å². The summed E-state index contributed by atoms with van der Waals surface area (Å²) in [5, 5.41) is 23.6. The highest BCUT2D eigenvalue weighted by Crippen LogP contribution is 2.37. The largest absolute Gasteiger partial charge is 0.493 e. The lowest BCUT2D eigenvalue weighted by Crippen LogP contribution is -2.56. The van der Waals surface area contributed by atoms with Crippen LogP contribution in [0.15, 0.2) is 23.8 Å². The molecule has 2 aliphatic rings. The van der Waals surface area contributed by atoms with Gasteiger partial charge in [0.1, 0.15) is 18.5 Å². The van der Waals surface area contributed by atoms with Gasteiger partial charge >= 0.3 is 0 Å². The molecule has 1 fully saturated rings. The third kappa shape index (κ3) is 8.17. The maximum Gasteiger partial charge on any atom is 0.247 e. The number of aliphatic hydroxyl groups excluding tert-OH is 2. The number of nitrogens with zero attached hydrogens (tertiary/aromatic N) is 1. The number of amides is 2. The highest BCUT2D eigenvalue weighted by Gasteiger charge is 2.42. The summed E-state index contributed by atoms with van der Waals surface area (Å²) in [7, 11) is 1.47. The first kappa shape index (κ1) is 31.3. The molecule has 1 aromatic carbocycles. The van der Waals surface area contributed by atoms with Crippen molar-refractivity contribution in [1.82, 2.24) is 10.2 Å². The molecule has 0 saturated heterocycles. The van der Waals surface area contributed by atoms with E-state index in [9.17, 15) is 24.6 Å². The summed E-state index contributed by atoms with van der Waals surface area (Å²) in [5.41, 5.74) is 0.811. The number of aliphatic hydroxyl groups is 2. The van der Waals surface area contributed by atoms with Crippen LogP contribution in [0.1, 0.15) is 75.1 Å². The molecule has 1 aromatic rings. The Kier molecular flexibility index (Phi) is 12.5. The first-order valence-electron chi connectivity index (χ1n) is 13.9. The minimum absolute atomic E-state index is 0.0336. The number of carbonyl (C=O) groups is 3. The summed E-state index contributed by atoms with van der Waals surface area (Å²) in [4.78, 5) is 39.9. The van der Waals surface area contributed by atoms with Crippen LogP contribution in [-0.4, -0.2) is 78.3 Å². The van der Waals surface area contributed by atoms with Gasteiger partial charge in [0.25, 0.3) is 0 Å². The molecule has 39 heavy (non-hydrogen) atoms. The van der Waals surface area contributed by atoms with Crippen molar-refractivity contribution in [3.8, 4) is 11.5 Å². The fourth-order valence-electron chi connectivity index (χ4n) is 5.39. The van der Waals surface area contributed by atoms with Crippen molar-refractivity contribution in [3.63, 3.8) is 0 Å². The molecular weight excluding hydrogens is 615 g/mol. The smallest absolute Gasteiger partial charge is 0.247 e. The second-order valence-corrected chi connectivity index (χ2v) is 11.4. The summed E-state index contributed by atoms with van der Waals surface area (Å²) < 4.78 is 12.4. The molecule has 0 spiro atoms. The highest BCUT2D eigenvalue weighted by atomic mass is 127. The average molecular weight is 657 g/mol. The Morgan fingerprint density at radius 2 is 1.95 bits per heavy atom. The molecule has 9 nitrogen and oxygen atoms in total. The van der Waals surface area contributed by atoms with Crippen molar-refractivity contribution in [2.75, 3.05) is 26.8 Å². The lowest BCUT2D eigenvalue weighted by atomic mass is 9.87. The zero-order chi connectivity index (χ0) is 28.4. The standard InChI is InChI=1S/C29H41IN2O7/c1-3-4-5-8-12-32(29(37)20-9-6-7-10-20)23-16-21(28(36)31-11-13-33)17-24(26(23)35)39-27-22(30)14-19(18-34)15-25(27)38-2/h14-15,17-18,20,23-24,26,33,35H,3-13,16H2,1-2H3,(H,31,36)/t23-,24+,26+/m1/s1. The molecular formula is C29H41IN2O7. The molecule has 0 bridgehead atoms. The summed E-state index contributed by atoms with van der Waals surface area (Å²) >= 11 is 2.04. The summed E-state index contributed by atoms with van der Waals surface area (Å²) in [6.07, 6.45) is 8.08. The van der Waals surface area contributed by atoms with Crippen molar-refractivity contribution in [3.05, 3.63) is 32.9 Å². The second-order valence-electron chi connectivity index (χ2n) is 10.2.